The summed E-state index contributed by atoms with van der Waals surface area (Å²) in [6.45, 7) is 4.03. The zero-order valence-electron chi connectivity index (χ0n) is 20.4. The smallest absolute Gasteiger partial charge is 0.273 e. The van der Waals surface area contributed by atoms with Crippen LogP contribution in [0.15, 0.2) is 72.9 Å². The molecule has 0 aliphatic carbocycles. The molecule has 2 atom stereocenters. The van der Waals surface area contributed by atoms with Crippen molar-refractivity contribution in [3.63, 3.8) is 0 Å². The van der Waals surface area contributed by atoms with Crippen LogP contribution in [-0.4, -0.2) is 26.7 Å². The highest BCUT2D eigenvalue weighted by molar-refractivity contribution is 7.80. The maximum Gasteiger partial charge on any atom is 0.273 e. The quantitative estimate of drug-likeness (QED) is 0.178. The molecule has 3 heterocycles. The topological polar surface area (TPSA) is 85.5 Å². The van der Waals surface area contributed by atoms with Crippen LogP contribution in [0.2, 0.25) is 5.02 Å². The van der Waals surface area contributed by atoms with Gasteiger partial charge in [0.2, 0.25) is 0 Å². The molecule has 2 aromatic heterocycles. The predicted octanol–water partition coefficient (Wildman–Crippen LogP) is 6.24. The van der Waals surface area contributed by atoms with Crippen LogP contribution in [0.5, 0.6) is 5.75 Å². The molecule has 5 rings (SSSR count). The third kappa shape index (κ3) is 4.41. The van der Waals surface area contributed by atoms with Crippen LogP contribution in [0, 0.1) is 24.0 Å². The molecule has 0 spiro atoms. The van der Waals surface area contributed by atoms with Gasteiger partial charge in [0, 0.05) is 34.4 Å². The van der Waals surface area contributed by atoms with E-state index in [4.69, 9.17) is 28.6 Å². The highest BCUT2D eigenvalue weighted by Crippen LogP contribution is 2.44. The van der Waals surface area contributed by atoms with Crippen molar-refractivity contribution in [3.8, 4) is 11.4 Å². The highest BCUT2D eigenvalue weighted by atomic mass is 35.5. The minimum absolute atomic E-state index is 0.0299. The molecule has 0 amide bonds. The molecule has 37 heavy (non-hydrogen) atoms. The Morgan fingerprint density at radius 2 is 1.86 bits per heavy atom. The van der Waals surface area contributed by atoms with E-state index in [2.05, 4.69) is 25.8 Å². The average molecular weight is 534 g/mol. The lowest BCUT2D eigenvalue weighted by atomic mass is 9.96. The lowest BCUT2D eigenvalue weighted by molar-refractivity contribution is -0.384. The van der Waals surface area contributed by atoms with Gasteiger partial charge in [-0.15, -0.1) is 0 Å². The van der Waals surface area contributed by atoms with Gasteiger partial charge in [-0.25, -0.2) is 0 Å². The molecule has 0 radical (unpaired) electrons. The number of ether oxygens (including phenoxy) is 1. The van der Waals surface area contributed by atoms with E-state index >= 15 is 0 Å². The summed E-state index contributed by atoms with van der Waals surface area (Å²) < 4.78 is 7.60. The van der Waals surface area contributed by atoms with Crippen molar-refractivity contribution in [2.24, 2.45) is 0 Å². The molecule has 0 bridgehead atoms. The number of anilines is 1. The normalized spacial score (nSPS) is 17.1. The minimum atomic E-state index is -0.431. The second-order valence-electron chi connectivity index (χ2n) is 8.75. The Balaban J connectivity index is 1.68. The first-order valence-electron chi connectivity index (χ1n) is 11.6. The van der Waals surface area contributed by atoms with E-state index < -0.39 is 4.92 Å². The number of pyridine rings is 1. The summed E-state index contributed by atoms with van der Waals surface area (Å²) in [5, 5.41) is 16.0. The molecule has 1 N–H and O–H groups in total. The maximum absolute atomic E-state index is 11.3. The number of nitrogens with zero attached hydrogens (tertiary/aromatic N) is 4. The van der Waals surface area contributed by atoms with Gasteiger partial charge in [-0.2, -0.15) is 0 Å². The van der Waals surface area contributed by atoms with E-state index in [1.54, 1.807) is 12.3 Å². The fraction of sp³-hybridized carbons (Fsp3) is 0.185. The Morgan fingerprint density at radius 3 is 2.51 bits per heavy atom. The number of nitrogens with one attached hydrogen (secondary N) is 1. The molecule has 1 aliphatic heterocycles. The number of rotatable bonds is 6. The number of hydrogen-bond donors (Lipinski definition) is 1. The van der Waals surface area contributed by atoms with Gasteiger partial charge in [0.05, 0.1) is 41.6 Å². The molecular formula is C27H24ClN5O3S. The summed E-state index contributed by atoms with van der Waals surface area (Å²) in [4.78, 5) is 17.6. The fourth-order valence-electron chi connectivity index (χ4n) is 4.97. The molecule has 1 saturated heterocycles. The zero-order valence-corrected chi connectivity index (χ0v) is 22.0. The monoisotopic (exact) mass is 533 g/mol. The number of aryl methyl sites for hydroxylation is 1. The van der Waals surface area contributed by atoms with Gasteiger partial charge in [0.25, 0.3) is 5.69 Å². The second-order valence-corrected chi connectivity index (χ2v) is 9.57. The maximum atomic E-state index is 11.3. The first-order valence-corrected chi connectivity index (χ1v) is 12.4. The highest BCUT2D eigenvalue weighted by Gasteiger charge is 2.42. The third-order valence-electron chi connectivity index (χ3n) is 6.61. The number of thiocarbonyl (C=S) groups is 1. The Hall–Kier alpha value is -3.95. The molecule has 188 valence electrons. The van der Waals surface area contributed by atoms with Crippen LogP contribution < -0.4 is 15.0 Å². The van der Waals surface area contributed by atoms with Crippen molar-refractivity contribution < 1.29 is 9.66 Å². The average Bonchev–Trinajstić information content (AvgIpc) is 3.39. The Morgan fingerprint density at radius 1 is 1.11 bits per heavy atom. The summed E-state index contributed by atoms with van der Waals surface area (Å²) in [6, 6.07) is 19.7. The van der Waals surface area contributed by atoms with Crippen molar-refractivity contribution in [1.29, 1.82) is 0 Å². The van der Waals surface area contributed by atoms with E-state index in [9.17, 15) is 10.1 Å². The fourth-order valence-corrected chi connectivity index (χ4v) is 5.44. The molecule has 1 aliphatic rings. The van der Waals surface area contributed by atoms with Crippen LogP contribution in [0.4, 0.5) is 11.4 Å². The number of nitro benzene ring substituents is 1. The van der Waals surface area contributed by atoms with Crippen molar-refractivity contribution in [2.75, 3.05) is 12.0 Å². The number of halogens is 1. The Labute approximate surface area is 224 Å². The minimum Gasteiger partial charge on any atom is -0.494 e. The van der Waals surface area contributed by atoms with Crippen molar-refractivity contribution in [1.82, 2.24) is 14.9 Å². The van der Waals surface area contributed by atoms with Gasteiger partial charge in [0.1, 0.15) is 5.75 Å². The Bertz CT molecular complexity index is 1490. The van der Waals surface area contributed by atoms with Crippen molar-refractivity contribution in [3.05, 3.63) is 111 Å². The largest absolute Gasteiger partial charge is 0.494 e. The number of methoxy groups -OCH3 is 1. The standard InChI is InChI=1S/C27H24ClN5O3S/c1-16-14-21(17(2)31(16)23-12-11-20(33(34)35)15-24(23)36-3)26-25(22-6-4-5-13-29-22)30-27(37)32(26)19-9-7-18(28)8-10-19/h4-15,25-26H,1-3H3,(H,30,37)/t25-,26-/m0/s1. The number of aromatic nitrogens is 2. The lowest BCUT2D eigenvalue weighted by Crippen LogP contribution is -2.29. The zero-order chi connectivity index (χ0) is 26.3. The number of benzene rings is 2. The van der Waals surface area contributed by atoms with Crippen LogP contribution in [0.3, 0.4) is 0 Å². The van der Waals surface area contributed by atoms with Crippen molar-refractivity contribution >= 4 is 40.3 Å². The number of hydrogen-bond acceptors (Lipinski definition) is 5. The van der Waals surface area contributed by atoms with E-state index in [0.29, 0.717) is 15.9 Å². The van der Waals surface area contributed by atoms with Gasteiger partial charge in [-0.3, -0.25) is 15.1 Å². The molecule has 0 saturated carbocycles. The molecule has 10 heteroatoms. The summed E-state index contributed by atoms with van der Waals surface area (Å²) in [5.41, 5.74) is 5.41. The lowest BCUT2D eigenvalue weighted by Gasteiger charge is -2.28. The van der Waals surface area contributed by atoms with Gasteiger partial charge in [0.15, 0.2) is 5.11 Å². The predicted molar refractivity (Wildman–Crippen MR) is 148 cm³/mol. The van der Waals surface area contributed by atoms with E-state index in [1.165, 1.54) is 19.2 Å². The summed E-state index contributed by atoms with van der Waals surface area (Å²) in [5.74, 6) is 0.415. The summed E-state index contributed by atoms with van der Waals surface area (Å²) in [6.07, 6.45) is 1.77. The molecule has 0 unspecified atom stereocenters. The molecular weight excluding hydrogens is 510 g/mol. The van der Waals surface area contributed by atoms with Gasteiger partial charge < -0.3 is 19.5 Å². The van der Waals surface area contributed by atoms with Crippen LogP contribution in [-0.2, 0) is 0 Å². The summed E-state index contributed by atoms with van der Waals surface area (Å²) in [7, 11) is 1.51. The van der Waals surface area contributed by atoms with Gasteiger partial charge in [-0.05, 0) is 80.2 Å². The summed E-state index contributed by atoms with van der Waals surface area (Å²) >= 11 is 12.0. The number of nitro groups is 1. The number of non-ortho nitro benzene ring substituents is 1. The van der Waals surface area contributed by atoms with Gasteiger partial charge in [-0.1, -0.05) is 17.7 Å². The SMILES string of the molecule is COc1cc([N+](=O)[O-])ccc1-n1c(C)cc([C@H]2[C@H](c3ccccn3)NC(=S)N2c2ccc(Cl)cc2)c1C. The van der Waals surface area contributed by atoms with E-state index in [0.717, 1.165) is 34.0 Å². The first kappa shape index (κ1) is 24.7. The van der Waals surface area contributed by atoms with Gasteiger partial charge >= 0.3 is 0 Å². The van der Waals surface area contributed by atoms with Crippen molar-refractivity contribution in [2.45, 2.75) is 25.9 Å². The van der Waals surface area contributed by atoms with E-state index in [1.807, 2.05) is 56.3 Å². The molecule has 4 aromatic rings. The van der Waals surface area contributed by atoms with Crippen LogP contribution in [0.25, 0.3) is 5.69 Å². The van der Waals surface area contributed by atoms with E-state index in [-0.39, 0.29) is 17.8 Å². The second kappa shape index (κ2) is 9.84. The molecule has 8 nitrogen and oxygen atoms in total. The first-order chi connectivity index (χ1) is 17.8. The third-order valence-corrected chi connectivity index (χ3v) is 7.17. The Kier molecular flexibility index (Phi) is 6.57. The van der Waals surface area contributed by atoms with Crippen LogP contribution >= 0.6 is 23.8 Å². The molecule has 2 aromatic carbocycles. The molecule has 1 fully saturated rings. The van der Waals surface area contributed by atoms with Crippen LogP contribution in [0.1, 0.15) is 34.7 Å².